The molecule has 1 aliphatic heterocycles. The van der Waals surface area contributed by atoms with Crippen LogP contribution in [0, 0.1) is 11.8 Å². The largest absolute Gasteiger partial charge is 0.316 e. The van der Waals surface area contributed by atoms with E-state index in [9.17, 15) is 0 Å². The molecule has 1 aromatic rings. The van der Waals surface area contributed by atoms with Gasteiger partial charge >= 0.3 is 0 Å². The summed E-state index contributed by atoms with van der Waals surface area (Å²) in [6.45, 7) is 2.42. The van der Waals surface area contributed by atoms with Crippen molar-refractivity contribution in [3.05, 3.63) is 34.9 Å². The van der Waals surface area contributed by atoms with Crippen LogP contribution in [0.5, 0.6) is 0 Å². The summed E-state index contributed by atoms with van der Waals surface area (Å²) in [5.74, 6) is 2.56. The molecule has 1 aliphatic carbocycles. The van der Waals surface area contributed by atoms with Gasteiger partial charge in [-0.3, -0.25) is 0 Å². The zero-order valence-electron chi connectivity index (χ0n) is 8.04. The van der Waals surface area contributed by atoms with Crippen LogP contribution in [-0.2, 0) is 0 Å². The van der Waals surface area contributed by atoms with Crippen LogP contribution in [0.15, 0.2) is 24.3 Å². The molecule has 2 fully saturated rings. The van der Waals surface area contributed by atoms with Gasteiger partial charge in [0.1, 0.15) is 0 Å². The highest BCUT2D eigenvalue weighted by atomic mass is 35.5. The highest BCUT2D eigenvalue weighted by Crippen LogP contribution is 2.49. The van der Waals surface area contributed by atoms with Gasteiger partial charge in [0.2, 0.25) is 0 Å². The molecule has 0 amide bonds. The van der Waals surface area contributed by atoms with Gasteiger partial charge < -0.3 is 5.32 Å². The maximum absolute atomic E-state index is 6.00. The summed E-state index contributed by atoms with van der Waals surface area (Å²) in [5.41, 5.74) is 1.43. The van der Waals surface area contributed by atoms with Gasteiger partial charge in [-0.15, -0.1) is 0 Å². The van der Waals surface area contributed by atoms with Crippen molar-refractivity contribution in [1.82, 2.24) is 5.32 Å². The molecule has 1 N–H and O–H groups in total. The Labute approximate surface area is 89.5 Å². The van der Waals surface area contributed by atoms with Crippen molar-refractivity contribution in [2.45, 2.75) is 12.3 Å². The second kappa shape index (κ2) is 3.25. The lowest BCUT2D eigenvalue weighted by atomic mass is 9.64. The number of fused-ring (bicyclic) bond motifs is 1. The highest BCUT2D eigenvalue weighted by molar-refractivity contribution is 6.30. The summed E-state index contributed by atoms with van der Waals surface area (Å²) in [6.07, 6.45) is 1.35. The van der Waals surface area contributed by atoms with Crippen molar-refractivity contribution in [2.75, 3.05) is 13.1 Å². The van der Waals surface area contributed by atoms with Gasteiger partial charge in [-0.1, -0.05) is 23.7 Å². The summed E-state index contributed by atoms with van der Waals surface area (Å²) in [6, 6.07) is 8.35. The molecule has 3 atom stereocenters. The summed E-state index contributed by atoms with van der Waals surface area (Å²) < 4.78 is 0. The van der Waals surface area contributed by atoms with Crippen LogP contribution in [0.4, 0.5) is 0 Å². The van der Waals surface area contributed by atoms with Crippen molar-refractivity contribution >= 4 is 11.6 Å². The van der Waals surface area contributed by atoms with Crippen LogP contribution in [-0.4, -0.2) is 13.1 Å². The molecule has 0 unspecified atom stereocenters. The molecule has 0 radical (unpaired) electrons. The van der Waals surface area contributed by atoms with E-state index in [1.54, 1.807) is 0 Å². The Bertz CT molecular complexity index is 350. The van der Waals surface area contributed by atoms with E-state index in [-0.39, 0.29) is 0 Å². The number of halogens is 1. The summed E-state index contributed by atoms with van der Waals surface area (Å²) >= 11 is 6.00. The van der Waals surface area contributed by atoms with E-state index in [0.29, 0.717) is 0 Å². The standard InChI is InChI=1S/C12H14ClN/c13-10-3-1-2-8(4-10)11-5-9-6-14-7-12(9)11/h1-4,9,11-12,14H,5-7H2/t9-,11-,12-/m0/s1. The minimum Gasteiger partial charge on any atom is -0.316 e. The Balaban J connectivity index is 1.83. The quantitative estimate of drug-likeness (QED) is 0.747. The lowest BCUT2D eigenvalue weighted by Crippen LogP contribution is -2.33. The molecule has 1 nitrogen and oxygen atoms in total. The Morgan fingerprint density at radius 3 is 3.00 bits per heavy atom. The molecule has 0 bridgehead atoms. The fraction of sp³-hybridized carbons (Fsp3) is 0.500. The number of rotatable bonds is 1. The minimum atomic E-state index is 0.758. The third-order valence-corrected chi connectivity index (χ3v) is 3.98. The molecule has 14 heavy (non-hydrogen) atoms. The van der Waals surface area contributed by atoms with Crippen LogP contribution < -0.4 is 5.32 Å². The number of nitrogens with one attached hydrogen (secondary N) is 1. The SMILES string of the molecule is Clc1cccc([C@@H]2C[C@H]3CNC[C@@H]32)c1. The van der Waals surface area contributed by atoms with Crippen LogP contribution in [0.3, 0.4) is 0 Å². The van der Waals surface area contributed by atoms with Crippen molar-refractivity contribution in [3.63, 3.8) is 0 Å². The van der Waals surface area contributed by atoms with Crippen LogP contribution in [0.25, 0.3) is 0 Å². The van der Waals surface area contributed by atoms with E-state index in [2.05, 4.69) is 23.5 Å². The first-order valence-electron chi connectivity index (χ1n) is 5.31. The smallest absolute Gasteiger partial charge is 0.0408 e. The molecule has 1 saturated heterocycles. The Morgan fingerprint density at radius 2 is 2.21 bits per heavy atom. The maximum atomic E-state index is 6.00. The topological polar surface area (TPSA) is 12.0 Å². The summed E-state index contributed by atoms with van der Waals surface area (Å²) in [7, 11) is 0. The van der Waals surface area contributed by atoms with E-state index in [1.165, 1.54) is 25.1 Å². The number of hydrogen-bond donors (Lipinski definition) is 1. The number of hydrogen-bond acceptors (Lipinski definition) is 1. The van der Waals surface area contributed by atoms with Gasteiger partial charge in [0.05, 0.1) is 0 Å². The van der Waals surface area contributed by atoms with E-state index in [0.717, 1.165) is 22.8 Å². The zero-order chi connectivity index (χ0) is 9.54. The van der Waals surface area contributed by atoms with Gasteiger partial charge in [0, 0.05) is 5.02 Å². The predicted octanol–water partition coefficient (Wildman–Crippen LogP) is 2.66. The fourth-order valence-electron chi connectivity index (χ4n) is 2.91. The first-order chi connectivity index (χ1) is 6.84. The van der Waals surface area contributed by atoms with Crippen LogP contribution in [0.1, 0.15) is 17.9 Å². The predicted molar refractivity (Wildman–Crippen MR) is 58.7 cm³/mol. The lowest BCUT2D eigenvalue weighted by molar-refractivity contribution is 0.191. The number of benzene rings is 1. The van der Waals surface area contributed by atoms with Crippen LogP contribution >= 0.6 is 11.6 Å². The van der Waals surface area contributed by atoms with Gasteiger partial charge in [-0.2, -0.15) is 0 Å². The Morgan fingerprint density at radius 1 is 1.29 bits per heavy atom. The molecular weight excluding hydrogens is 194 g/mol. The Hall–Kier alpha value is -0.530. The average molecular weight is 208 g/mol. The van der Waals surface area contributed by atoms with Gasteiger partial charge in [-0.05, 0) is 55.0 Å². The minimum absolute atomic E-state index is 0.758. The lowest BCUT2D eigenvalue weighted by Gasteiger charge is -2.40. The second-order valence-corrected chi connectivity index (χ2v) is 4.92. The average Bonchev–Trinajstić information content (AvgIpc) is 2.48. The van der Waals surface area contributed by atoms with Crippen molar-refractivity contribution in [2.24, 2.45) is 11.8 Å². The van der Waals surface area contributed by atoms with Crippen LogP contribution in [0.2, 0.25) is 5.02 Å². The maximum Gasteiger partial charge on any atom is 0.0408 e. The molecule has 1 aromatic carbocycles. The van der Waals surface area contributed by atoms with E-state index >= 15 is 0 Å². The van der Waals surface area contributed by atoms with Crippen molar-refractivity contribution < 1.29 is 0 Å². The molecule has 0 aromatic heterocycles. The first kappa shape index (κ1) is 8.75. The molecule has 74 valence electrons. The summed E-state index contributed by atoms with van der Waals surface area (Å²) in [5, 5.41) is 4.34. The fourth-order valence-corrected chi connectivity index (χ4v) is 3.11. The third-order valence-electron chi connectivity index (χ3n) is 3.74. The zero-order valence-corrected chi connectivity index (χ0v) is 8.80. The van der Waals surface area contributed by atoms with Crippen molar-refractivity contribution in [3.8, 4) is 0 Å². The first-order valence-corrected chi connectivity index (χ1v) is 5.68. The van der Waals surface area contributed by atoms with E-state index in [4.69, 9.17) is 11.6 Å². The second-order valence-electron chi connectivity index (χ2n) is 4.48. The third kappa shape index (κ3) is 1.27. The molecule has 2 aliphatic rings. The Kier molecular flexibility index (Phi) is 2.03. The molecule has 0 spiro atoms. The highest BCUT2D eigenvalue weighted by Gasteiger charge is 2.44. The van der Waals surface area contributed by atoms with Crippen molar-refractivity contribution in [1.29, 1.82) is 0 Å². The van der Waals surface area contributed by atoms with E-state index < -0.39 is 0 Å². The van der Waals surface area contributed by atoms with Gasteiger partial charge in [0.15, 0.2) is 0 Å². The molecular formula is C12H14ClN. The normalized spacial score (nSPS) is 35.1. The molecule has 1 saturated carbocycles. The molecule has 1 heterocycles. The molecule has 2 heteroatoms. The van der Waals surface area contributed by atoms with Gasteiger partial charge in [0.25, 0.3) is 0 Å². The van der Waals surface area contributed by atoms with E-state index in [1.807, 2.05) is 6.07 Å². The monoisotopic (exact) mass is 207 g/mol. The van der Waals surface area contributed by atoms with Gasteiger partial charge in [-0.25, -0.2) is 0 Å². The molecule has 3 rings (SSSR count). The summed E-state index contributed by atoms with van der Waals surface area (Å²) in [4.78, 5) is 0.